The third kappa shape index (κ3) is 2.23. The van der Waals surface area contributed by atoms with Gasteiger partial charge in [-0.25, -0.2) is 4.79 Å². The van der Waals surface area contributed by atoms with Crippen LogP contribution in [0.2, 0.25) is 0 Å². The Morgan fingerprint density at radius 2 is 2.47 bits per heavy atom. The maximum Gasteiger partial charge on any atom is 0.345 e. The molecule has 0 bridgehead atoms. The Balaban J connectivity index is 2.15. The molecule has 1 atom stereocenters. The summed E-state index contributed by atoms with van der Waals surface area (Å²) in [6, 6.07) is 1.88. The number of rotatable bonds is 3. The molecule has 0 saturated carbocycles. The van der Waals surface area contributed by atoms with Crippen molar-refractivity contribution < 1.29 is 9.90 Å². The molecule has 1 aliphatic rings. The molecule has 0 aliphatic heterocycles. The Bertz CT molecular complexity index is 368. The summed E-state index contributed by atoms with van der Waals surface area (Å²) in [6.07, 6.45) is 5.92. The van der Waals surface area contributed by atoms with Crippen LogP contribution in [-0.2, 0) is 12.8 Å². The topological polar surface area (TPSA) is 37.3 Å². The second-order valence-electron chi connectivity index (χ2n) is 4.26. The molecule has 1 aliphatic carbocycles. The van der Waals surface area contributed by atoms with Crippen molar-refractivity contribution in [1.29, 1.82) is 0 Å². The summed E-state index contributed by atoms with van der Waals surface area (Å²) in [5, 5.41) is 8.91. The summed E-state index contributed by atoms with van der Waals surface area (Å²) in [5.41, 5.74) is 1.29. The highest BCUT2D eigenvalue weighted by atomic mass is 32.1. The van der Waals surface area contributed by atoms with Crippen LogP contribution in [0.15, 0.2) is 6.07 Å². The van der Waals surface area contributed by atoms with E-state index in [0.717, 1.165) is 18.8 Å². The molecule has 3 heteroatoms. The summed E-state index contributed by atoms with van der Waals surface area (Å²) >= 11 is 1.46. The van der Waals surface area contributed by atoms with Crippen molar-refractivity contribution in [2.75, 3.05) is 0 Å². The predicted octanol–water partition coefficient (Wildman–Crippen LogP) is 3.35. The molecule has 0 saturated heterocycles. The Labute approximate surface area is 93.9 Å². The standard InChI is InChI=1S/C12H16O2S/c1-2-3-8-4-5-10-9(6-8)7-11(15-10)12(13)14/h7-8H,2-6H2,1H3,(H,13,14)/t8-/m0/s1. The van der Waals surface area contributed by atoms with Gasteiger partial charge in [-0.2, -0.15) is 0 Å². The molecule has 0 fully saturated rings. The molecule has 2 rings (SSSR count). The van der Waals surface area contributed by atoms with E-state index in [2.05, 4.69) is 6.92 Å². The monoisotopic (exact) mass is 224 g/mol. The number of aryl methyl sites for hydroxylation is 1. The summed E-state index contributed by atoms with van der Waals surface area (Å²) in [4.78, 5) is 12.7. The molecule has 1 aromatic heterocycles. The zero-order valence-corrected chi connectivity index (χ0v) is 9.77. The van der Waals surface area contributed by atoms with Crippen molar-refractivity contribution in [2.24, 2.45) is 5.92 Å². The largest absolute Gasteiger partial charge is 0.477 e. The second-order valence-corrected chi connectivity index (χ2v) is 5.40. The van der Waals surface area contributed by atoms with E-state index >= 15 is 0 Å². The Morgan fingerprint density at radius 3 is 3.13 bits per heavy atom. The number of fused-ring (bicyclic) bond motifs is 1. The molecular formula is C12H16O2S. The third-order valence-corrected chi connectivity index (χ3v) is 4.32. The minimum absolute atomic E-state index is 0.511. The molecule has 0 aromatic carbocycles. The number of hydrogen-bond acceptors (Lipinski definition) is 2. The van der Waals surface area contributed by atoms with Crippen LogP contribution in [0.25, 0.3) is 0 Å². The average Bonchev–Trinajstić information content (AvgIpc) is 2.61. The van der Waals surface area contributed by atoms with Crippen LogP contribution in [0.5, 0.6) is 0 Å². The van der Waals surface area contributed by atoms with Crippen molar-refractivity contribution >= 4 is 17.3 Å². The van der Waals surface area contributed by atoms with Gasteiger partial charge in [0, 0.05) is 4.88 Å². The van der Waals surface area contributed by atoms with Crippen molar-refractivity contribution in [2.45, 2.75) is 39.0 Å². The lowest BCUT2D eigenvalue weighted by molar-refractivity contribution is 0.0702. The van der Waals surface area contributed by atoms with Crippen molar-refractivity contribution in [1.82, 2.24) is 0 Å². The number of hydrogen-bond donors (Lipinski definition) is 1. The number of carboxylic acids is 1. The van der Waals surface area contributed by atoms with Crippen LogP contribution >= 0.6 is 11.3 Å². The van der Waals surface area contributed by atoms with E-state index in [1.54, 1.807) is 0 Å². The summed E-state index contributed by atoms with van der Waals surface area (Å²) in [5.74, 6) is 0.000173. The van der Waals surface area contributed by atoms with Gasteiger partial charge in [0.15, 0.2) is 0 Å². The zero-order valence-electron chi connectivity index (χ0n) is 8.95. The molecule has 1 N–H and O–H groups in total. The maximum atomic E-state index is 10.8. The van der Waals surface area contributed by atoms with E-state index in [1.165, 1.54) is 41.0 Å². The van der Waals surface area contributed by atoms with Gasteiger partial charge in [0.25, 0.3) is 0 Å². The molecule has 2 nitrogen and oxygen atoms in total. The molecule has 1 heterocycles. The molecule has 15 heavy (non-hydrogen) atoms. The van der Waals surface area contributed by atoms with Gasteiger partial charge in [-0.3, -0.25) is 0 Å². The first kappa shape index (κ1) is 10.7. The van der Waals surface area contributed by atoms with Gasteiger partial charge in [-0.05, 0) is 36.8 Å². The first-order valence-corrected chi connectivity index (χ1v) is 6.37. The molecule has 82 valence electrons. The fraction of sp³-hybridized carbons (Fsp3) is 0.583. The highest BCUT2D eigenvalue weighted by Crippen LogP contribution is 2.33. The van der Waals surface area contributed by atoms with Crippen LogP contribution in [0.3, 0.4) is 0 Å². The smallest absolute Gasteiger partial charge is 0.345 e. The zero-order chi connectivity index (χ0) is 10.8. The average molecular weight is 224 g/mol. The first-order valence-electron chi connectivity index (χ1n) is 5.55. The van der Waals surface area contributed by atoms with Gasteiger partial charge >= 0.3 is 5.97 Å². The Kier molecular flexibility index (Phi) is 3.10. The molecule has 0 radical (unpaired) electrons. The highest BCUT2D eigenvalue weighted by Gasteiger charge is 2.22. The first-order chi connectivity index (χ1) is 7.20. The fourth-order valence-corrected chi connectivity index (χ4v) is 3.41. The lowest BCUT2D eigenvalue weighted by atomic mass is 9.85. The van der Waals surface area contributed by atoms with Crippen LogP contribution in [-0.4, -0.2) is 11.1 Å². The van der Waals surface area contributed by atoms with E-state index in [9.17, 15) is 4.79 Å². The Morgan fingerprint density at radius 1 is 1.67 bits per heavy atom. The number of carbonyl (C=O) groups is 1. The SMILES string of the molecule is CCC[C@H]1CCc2sc(C(=O)O)cc2C1. The number of carboxylic acid groups (broad SMARTS) is 1. The molecule has 1 aromatic rings. The van der Waals surface area contributed by atoms with Crippen LogP contribution in [0, 0.1) is 5.92 Å². The molecule has 0 amide bonds. The molecular weight excluding hydrogens is 208 g/mol. The van der Waals surface area contributed by atoms with Gasteiger partial charge in [0.05, 0.1) is 0 Å². The van der Waals surface area contributed by atoms with E-state index in [4.69, 9.17) is 5.11 Å². The van der Waals surface area contributed by atoms with Crippen LogP contribution in [0.4, 0.5) is 0 Å². The van der Waals surface area contributed by atoms with Crippen molar-refractivity contribution in [3.05, 3.63) is 21.4 Å². The lowest BCUT2D eigenvalue weighted by Gasteiger charge is -2.21. The third-order valence-electron chi connectivity index (χ3n) is 3.09. The highest BCUT2D eigenvalue weighted by molar-refractivity contribution is 7.14. The van der Waals surface area contributed by atoms with E-state index in [-0.39, 0.29) is 0 Å². The quantitative estimate of drug-likeness (QED) is 0.854. The van der Waals surface area contributed by atoms with Gasteiger partial charge in [0.2, 0.25) is 0 Å². The predicted molar refractivity (Wildman–Crippen MR) is 61.7 cm³/mol. The number of aromatic carboxylic acids is 1. The van der Waals surface area contributed by atoms with Crippen LogP contribution < -0.4 is 0 Å². The Hall–Kier alpha value is -0.830. The van der Waals surface area contributed by atoms with Crippen LogP contribution in [0.1, 0.15) is 46.3 Å². The summed E-state index contributed by atoms with van der Waals surface area (Å²) in [7, 11) is 0. The van der Waals surface area contributed by atoms with Gasteiger partial charge in [0.1, 0.15) is 4.88 Å². The van der Waals surface area contributed by atoms with E-state index in [0.29, 0.717) is 4.88 Å². The molecule has 0 unspecified atom stereocenters. The van der Waals surface area contributed by atoms with E-state index in [1.807, 2.05) is 6.07 Å². The fourth-order valence-electron chi connectivity index (χ4n) is 2.36. The summed E-state index contributed by atoms with van der Waals surface area (Å²) in [6.45, 7) is 2.21. The maximum absolute atomic E-state index is 10.8. The van der Waals surface area contributed by atoms with Gasteiger partial charge < -0.3 is 5.11 Å². The van der Waals surface area contributed by atoms with Gasteiger partial charge in [-0.15, -0.1) is 11.3 Å². The minimum atomic E-state index is -0.776. The van der Waals surface area contributed by atoms with E-state index < -0.39 is 5.97 Å². The lowest BCUT2D eigenvalue weighted by Crippen LogP contribution is -2.11. The normalized spacial score (nSPS) is 19.9. The van der Waals surface area contributed by atoms with Gasteiger partial charge in [-0.1, -0.05) is 19.8 Å². The minimum Gasteiger partial charge on any atom is -0.477 e. The number of thiophene rings is 1. The van der Waals surface area contributed by atoms with Crippen molar-refractivity contribution in [3.63, 3.8) is 0 Å². The molecule has 0 spiro atoms. The van der Waals surface area contributed by atoms with Crippen molar-refractivity contribution in [3.8, 4) is 0 Å². The second kappa shape index (κ2) is 4.35. The summed E-state index contributed by atoms with van der Waals surface area (Å²) < 4.78 is 0.